The first-order valence-electron chi connectivity index (χ1n) is 6.55. The molecule has 0 spiro atoms. The molecule has 0 heterocycles. The van der Waals surface area contributed by atoms with Gasteiger partial charge >= 0.3 is 0 Å². The summed E-state index contributed by atoms with van der Waals surface area (Å²) in [5, 5.41) is 0. The highest BCUT2D eigenvalue weighted by atomic mass is 16.5. The lowest BCUT2D eigenvalue weighted by Gasteiger charge is -2.10. The number of rotatable bonds is 5. The molecular weight excluding hydrogens is 252 g/mol. The van der Waals surface area contributed by atoms with E-state index < -0.39 is 0 Å². The molecule has 0 aliphatic heterocycles. The zero-order valence-electron chi connectivity index (χ0n) is 11.9. The third-order valence-corrected chi connectivity index (χ3v) is 2.82. The van der Waals surface area contributed by atoms with E-state index in [0.29, 0.717) is 16.9 Å². The second-order valence-electron chi connectivity index (χ2n) is 4.75. The Labute approximate surface area is 119 Å². The first kappa shape index (κ1) is 14.1. The fourth-order valence-electron chi connectivity index (χ4n) is 1.89. The van der Waals surface area contributed by atoms with Crippen LogP contribution in [0.3, 0.4) is 0 Å². The molecular formula is C17H18O3. The van der Waals surface area contributed by atoms with Crippen LogP contribution in [0.5, 0.6) is 11.5 Å². The fraction of sp³-hybridized carbons (Fsp3) is 0.235. The monoisotopic (exact) mass is 270 g/mol. The normalized spacial score (nSPS) is 10.4. The van der Waals surface area contributed by atoms with Crippen LogP contribution in [0.15, 0.2) is 48.5 Å². The van der Waals surface area contributed by atoms with Gasteiger partial charge in [0, 0.05) is 11.1 Å². The maximum atomic E-state index is 12.4. The summed E-state index contributed by atoms with van der Waals surface area (Å²) >= 11 is 0. The highest BCUT2D eigenvalue weighted by Gasteiger charge is 2.10. The zero-order chi connectivity index (χ0) is 14.5. The number of ketones is 1. The number of carbonyl (C=O) groups is 1. The van der Waals surface area contributed by atoms with Crippen molar-refractivity contribution in [2.45, 2.75) is 20.0 Å². The number of hydrogen-bond donors (Lipinski definition) is 0. The molecule has 0 fully saturated rings. The van der Waals surface area contributed by atoms with Crippen molar-refractivity contribution in [3.8, 4) is 11.5 Å². The molecule has 0 saturated heterocycles. The molecule has 0 aliphatic rings. The van der Waals surface area contributed by atoms with Crippen molar-refractivity contribution in [3.05, 3.63) is 59.7 Å². The Balaban J connectivity index is 2.20. The third kappa shape index (κ3) is 3.38. The SMILES string of the molecule is COc1cccc(C(=O)c2ccc(OC(C)C)cc2)c1. The van der Waals surface area contributed by atoms with Gasteiger partial charge in [-0.1, -0.05) is 12.1 Å². The molecule has 3 nitrogen and oxygen atoms in total. The smallest absolute Gasteiger partial charge is 0.193 e. The van der Waals surface area contributed by atoms with Gasteiger partial charge in [-0.05, 0) is 50.2 Å². The Hall–Kier alpha value is -2.29. The van der Waals surface area contributed by atoms with Crippen molar-refractivity contribution in [2.75, 3.05) is 7.11 Å². The van der Waals surface area contributed by atoms with Gasteiger partial charge in [-0.15, -0.1) is 0 Å². The lowest BCUT2D eigenvalue weighted by atomic mass is 10.0. The molecule has 0 aliphatic carbocycles. The lowest BCUT2D eigenvalue weighted by molar-refractivity contribution is 0.103. The van der Waals surface area contributed by atoms with E-state index in [0.717, 1.165) is 5.75 Å². The number of benzene rings is 2. The van der Waals surface area contributed by atoms with Crippen LogP contribution < -0.4 is 9.47 Å². The van der Waals surface area contributed by atoms with Gasteiger partial charge in [0.1, 0.15) is 11.5 Å². The summed E-state index contributed by atoms with van der Waals surface area (Å²) in [6.07, 6.45) is 0.120. The number of hydrogen-bond acceptors (Lipinski definition) is 3. The van der Waals surface area contributed by atoms with Crippen molar-refractivity contribution < 1.29 is 14.3 Å². The van der Waals surface area contributed by atoms with Gasteiger partial charge in [0.2, 0.25) is 0 Å². The summed E-state index contributed by atoms with van der Waals surface area (Å²) in [6.45, 7) is 3.94. The van der Waals surface area contributed by atoms with Crippen LogP contribution in [0.4, 0.5) is 0 Å². The maximum absolute atomic E-state index is 12.4. The molecule has 0 N–H and O–H groups in total. The molecule has 2 aromatic carbocycles. The predicted molar refractivity (Wildman–Crippen MR) is 78.6 cm³/mol. The van der Waals surface area contributed by atoms with Crippen molar-refractivity contribution in [2.24, 2.45) is 0 Å². The van der Waals surface area contributed by atoms with E-state index >= 15 is 0 Å². The maximum Gasteiger partial charge on any atom is 0.193 e. The van der Waals surface area contributed by atoms with Crippen LogP contribution in [0.25, 0.3) is 0 Å². The van der Waals surface area contributed by atoms with Crippen molar-refractivity contribution in [1.29, 1.82) is 0 Å². The fourth-order valence-corrected chi connectivity index (χ4v) is 1.89. The van der Waals surface area contributed by atoms with Crippen LogP contribution in [0, 0.1) is 0 Å². The minimum absolute atomic E-state index is 0.0278. The molecule has 0 radical (unpaired) electrons. The molecule has 0 atom stereocenters. The summed E-state index contributed by atoms with van der Waals surface area (Å²) in [6, 6.07) is 14.3. The lowest BCUT2D eigenvalue weighted by Crippen LogP contribution is -2.06. The van der Waals surface area contributed by atoms with Crippen molar-refractivity contribution >= 4 is 5.78 Å². The zero-order valence-corrected chi connectivity index (χ0v) is 11.9. The minimum atomic E-state index is -0.0278. The molecule has 0 bridgehead atoms. The molecule has 0 amide bonds. The number of ether oxygens (including phenoxy) is 2. The van der Waals surface area contributed by atoms with E-state index in [1.54, 1.807) is 31.4 Å². The molecule has 3 heteroatoms. The van der Waals surface area contributed by atoms with Gasteiger partial charge in [-0.2, -0.15) is 0 Å². The van der Waals surface area contributed by atoms with E-state index in [1.807, 2.05) is 38.1 Å². The Morgan fingerprint density at radius 1 is 0.950 bits per heavy atom. The van der Waals surface area contributed by atoms with Crippen LogP contribution in [0.1, 0.15) is 29.8 Å². The molecule has 20 heavy (non-hydrogen) atoms. The van der Waals surface area contributed by atoms with Crippen LogP contribution in [0.2, 0.25) is 0 Å². The average Bonchev–Trinajstić information content (AvgIpc) is 2.47. The van der Waals surface area contributed by atoms with Gasteiger partial charge < -0.3 is 9.47 Å². The first-order valence-corrected chi connectivity index (χ1v) is 6.55. The van der Waals surface area contributed by atoms with E-state index in [-0.39, 0.29) is 11.9 Å². The van der Waals surface area contributed by atoms with Gasteiger partial charge in [0.15, 0.2) is 5.78 Å². The first-order chi connectivity index (χ1) is 9.60. The van der Waals surface area contributed by atoms with E-state index in [2.05, 4.69) is 0 Å². The second-order valence-corrected chi connectivity index (χ2v) is 4.75. The molecule has 0 unspecified atom stereocenters. The number of carbonyl (C=O) groups excluding carboxylic acids is 1. The van der Waals surface area contributed by atoms with E-state index in [1.165, 1.54) is 0 Å². The van der Waals surface area contributed by atoms with Gasteiger partial charge in [-0.25, -0.2) is 0 Å². The van der Waals surface area contributed by atoms with Crippen molar-refractivity contribution in [1.82, 2.24) is 0 Å². The predicted octanol–water partition coefficient (Wildman–Crippen LogP) is 3.71. The number of methoxy groups -OCH3 is 1. The van der Waals surface area contributed by atoms with Crippen molar-refractivity contribution in [3.63, 3.8) is 0 Å². The standard InChI is InChI=1S/C17H18O3/c1-12(2)20-15-9-7-13(8-10-15)17(18)14-5-4-6-16(11-14)19-3/h4-12H,1-3H3. The largest absolute Gasteiger partial charge is 0.497 e. The summed E-state index contributed by atoms with van der Waals surface area (Å²) in [5.74, 6) is 1.41. The molecule has 104 valence electrons. The molecule has 0 saturated carbocycles. The second kappa shape index (κ2) is 6.24. The minimum Gasteiger partial charge on any atom is -0.497 e. The summed E-state index contributed by atoms with van der Waals surface area (Å²) < 4.78 is 10.7. The summed E-state index contributed by atoms with van der Waals surface area (Å²) in [5.41, 5.74) is 1.25. The summed E-state index contributed by atoms with van der Waals surface area (Å²) in [7, 11) is 1.58. The topological polar surface area (TPSA) is 35.5 Å². The molecule has 2 rings (SSSR count). The van der Waals surface area contributed by atoms with Crippen LogP contribution >= 0.6 is 0 Å². The Kier molecular flexibility index (Phi) is 4.41. The van der Waals surface area contributed by atoms with Crippen LogP contribution in [-0.2, 0) is 0 Å². The van der Waals surface area contributed by atoms with Gasteiger partial charge in [0.05, 0.1) is 13.2 Å². The Morgan fingerprint density at radius 3 is 2.25 bits per heavy atom. The van der Waals surface area contributed by atoms with E-state index in [9.17, 15) is 4.79 Å². The quantitative estimate of drug-likeness (QED) is 0.777. The molecule has 0 aromatic heterocycles. The highest BCUT2D eigenvalue weighted by molar-refractivity contribution is 6.09. The average molecular weight is 270 g/mol. The van der Waals surface area contributed by atoms with Gasteiger partial charge in [0.25, 0.3) is 0 Å². The third-order valence-electron chi connectivity index (χ3n) is 2.82. The molecule has 2 aromatic rings. The van der Waals surface area contributed by atoms with Gasteiger partial charge in [-0.3, -0.25) is 4.79 Å². The van der Waals surface area contributed by atoms with E-state index in [4.69, 9.17) is 9.47 Å². The Morgan fingerprint density at radius 2 is 1.65 bits per heavy atom. The van der Waals surface area contributed by atoms with Crippen LogP contribution in [-0.4, -0.2) is 19.0 Å². The highest BCUT2D eigenvalue weighted by Crippen LogP contribution is 2.19. The Bertz CT molecular complexity index is 585. The summed E-state index contributed by atoms with van der Waals surface area (Å²) in [4.78, 5) is 12.4.